The number of rotatable bonds is 7. The lowest BCUT2D eigenvalue weighted by atomic mass is 9.44. The lowest BCUT2D eigenvalue weighted by Gasteiger charge is -2.61. The van der Waals surface area contributed by atoms with Crippen LogP contribution in [0.4, 0.5) is 4.79 Å². The molecule has 0 spiro atoms. The van der Waals surface area contributed by atoms with Gasteiger partial charge in [0.15, 0.2) is 0 Å². The maximum absolute atomic E-state index is 13.3. The molecule has 0 aliphatic heterocycles. The molecule has 0 aromatic carbocycles. The van der Waals surface area contributed by atoms with E-state index in [1.807, 2.05) is 13.8 Å². The standard InChI is InChI=1S/C33H54N2O6/c1-19(2)28(35-27(37)18-34-30(39)41-31(4,5)6)29(38)40-22-13-15-32(7)21(17-22)9-10-23-25-12-11-24(20(3)36)33(25,8)16-14-26(23)32/h19,21-26,28H,9-18H2,1-8H3,(H,34,39)(H,35,37)/t21-,22+,23?,24+,25?,26?,28-,32-,33+/m0/s1. The van der Waals surface area contributed by atoms with Gasteiger partial charge >= 0.3 is 12.1 Å². The summed E-state index contributed by atoms with van der Waals surface area (Å²) in [4.78, 5) is 50.1. The molecule has 232 valence electrons. The van der Waals surface area contributed by atoms with Gasteiger partial charge in [-0.3, -0.25) is 9.59 Å². The van der Waals surface area contributed by atoms with Gasteiger partial charge in [-0.25, -0.2) is 9.59 Å². The average Bonchev–Trinajstić information content (AvgIpc) is 3.22. The zero-order chi connectivity index (χ0) is 30.3. The minimum atomic E-state index is -0.778. The van der Waals surface area contributed by atoms with Gasteiger partial charge in [0.05, 0.1) is 0 Å². The summed E-state index contributed by atoms with van der Waals surface area (Å²) >= 11 is 0. The van der Waals surface area contributed by atoms with Crippen molar-refractivity contribution in [3.05, 3.63) is 0 Å². The summed E-state index contributed by atoms with van der Waals surface area (Å²) in [5.74, 6) is 2.17. The Morgan fingerprint density at radius 1 is 0.902 bits per heavy atom. The zero-order valence-electron chi connectivity index (χ0n) is 26.6. The third-order valence-electron chi connectivity index (χ3n) is 11.4. The van der Waals surface area contributed by atoms with E-state index in [-0.39, 0.29) is 35.3 Å². The first-order chi connectivity index (χ1) is 19.0. The van der Waals surface area contributed by atoms with E-state index in [4.69, 9.17) is 9.47 Å². The first-order valence-electron chi connectivity index (χ1n) is 16.0. The Morgan fingerprint density at radius 3 is 2.20 bits per heavy atom. The fourth-order valence-electron chi connectivity index (χ4n) is 9.42. The monoisotopic (exact) mass is 574 g/mol. The van der Waals surface area contributed by atoms with Gasteiger partial charge in [0.1, 0.15) is 30.1 Å². The molecule has 4 aliphatic carbocycles. The van der Waals surface area contributed by atoms with Crippen molar-refractivity contribution < 1.29 is 28.7 Å². The van der Waals surface area contributed by atoms with E-state index >= 15 is 0 Å². The molecule has 2 N–H and O–H groups in total. The van der Waals surface area contributed by atoms with Gasteiger partial charge in [0.2, 0.25) is 5.91 Å². The van der Waals surface area contributed by atoms with Gasteiger partial charge in [0, 0.05) is 5.92 Å². The Labute approximate surface area is 246 Å². The summed E-state index contributed by atoms with van der Waals surface area (Å²) in [6.45, 7) is 15.4. The van der Waals surface area contributed by atoms with Crippen molar-refractivity contribution in [3.63, 3.8) is 0 Å². The first kappa shape index (κ1) is 31.8. The predicted molar refractivity (Wildman–Crippen MR) is 157 cm³/mol. The number of amides is 2. The maximum atomic E-state index is 13.3. The predicted octanol–water partition coefficient (Wildman–Crippen LogP) is 5.81. The molecular formula is C33H54N2O6. The number of ether oxygens (including phenoxy) is 2. The quantitative estimate of drug-likeness (QED) is 0.371. The Kier molecular flexibility index (Phi) is 9.21. The summed E-state index contributed by atoms with van der Waals surface area (Å²) in [6.07, 6.45) is 8.94. The molecule has 4 rings (SSSR count). The summed E-state index contributed by atoms with van der Waals surface area (Å²) < 4.78 is 11.2. The van der Waals surface area contributed by atoms with E-state index in [1.165, 1.54) is 19.3 Å². The van der Waals surface area contributed by atoms with Gasteiger partial charge in [0.25, 0.3) is 0 Å². The average molecular weight is 575 g/mol. The van der Waals surface area contributed by atoms with Crippen LogP contribution in [0.2, 0.25) is 0 Å². The number of fused-ring (bicyclic) bond motifs is 5. The fourth-order valence-corrected chi connectivity index (χ4v) is 9.42. The summed E-state index contributed by atoms with van der Waals surface area (Å²) in [6, 6.07) is -0.778. The summed E-state index contributed by atoms with van der Waals surface area (Å²) in [5, 5.41) is 5.20. The molecule has 41 heavy (non-hydrogen) atoms. The van der Waals surface area contributed by atoms with Crippen molar-refractivity contribution >= 4 is 23.8 Å². The number of nitrogens with one attached hydrogen (secondary N) is 2. The number of hydrogen-bond acceptors (Lipinski definition) is 6. The van der Waals surface area contributed by atoms with Crippen molar-refractivity contribution in [2.75, 3.05) is 6.54 Å². The number of hydrogen-bond donors (Lipinski definition) is 2. The molecule has 3 unspecified atom stereocenters. The van der Waals surface area contributed by atoms with E-state index in [9.17, 15) is 19.2 Å². The minimum absolute atomic E-state index is 0.141. The van der Waals surface area contributed by atoms with Crippen molar-refractivity contribution in [1.82, 2.24) is 10.6 Å². The second-order valence-electron chi connectivity index (χ2n) is 15.4. The minimum Gasteiger partial charge on any atom is -0.461 e. The van der Waals surface area contributed by atoms with Crippen LogP contribution >= 0.6 is 0 Å². The smallest absolute Gasteiger partial charge is 0.408 e. The molecule has 4 saturated carbocycles. The second kappa shape index (κ2) is 11.9. The van der Waals surface area contributed by atoms with Crippen LogP contribution in [-0.2, 0) is 23.9 Å². The number of carbonyl (C=O) groups excluding carboxylic acids is 4. The molecule has 0 heterocycles. The van der Waals surface area contributed by atoms with E-state index in [1.54, 1.807) is 27.7 Å². The van der Waals surface area contributed by atoms with Gasteiger partial charge in [-0.05, 0) is 126 Å². The summed E-state index contributed by atoms with van der Waals surface area (Å²) in [7, 11) is 0. The van der Waals surface area contributed by atoms with Crippen LogP contribution in [0.25, 0.3) is 0 Å². The third-order valence-corrected chi connectivity index (χ3v) is 11.4. The summed E-state index contributed by atoms with van der Waals surface area (Å²) in [5.41, 5.74) is -0.241. The number of esters is 1. The second-order valence-corrected chi connectivity index (χ2v) is 15.4. The molecular weight excluding hydrogens is 520 g/mol. The number of ketones is 1. The van der Waals surface area contributed by atoms with E-state index < -0.39 is 29.6 Å². The fraction of sp³-hybridized carbons (Fsp3) is 0.879. The molecule has 0 saturated heterocycles. The molecule has 8 nitrogen and oxygen atoms in total. The van der Waals surface area contributed by atoms with Crippen molar-refractivity contribution in [3.8, 4) is 0 Å². The van der Waals surface area contributed by atoms with Gasteiger partial charge in [-0.2, -0.15) is 0 Å². The highest BCUT2D eigenvalue weighted by molar-refractivity contribution is 5.87. The Hall–Kier alpha value is -2.12. The largest absolute Gasteiger partial charge is 0.461 e. The van der Waals surface area contributed by atoms with Crippen LogP contribution in [0.3, 0.4) is 0 Å². The number of alkyl carbamates (subject to hydrolysis) is 1. The normalized spacial score (nSPS) is 37.2. The molecule has 0 aromatic rings. The third kappa shape index (κ3) is 6.61. The van der Waals surface area contributed by atoms with E-state index in [0.29, 0.717) is 29.5 Å². The van der Waals surface area contributed by atoms with Crippen LogP contribution in [-0.4, -0.2) is 48.0 Å². The first-order valence-corrected chi connectivity index (χ1v) is 16.0. The Morgan fingerprint density at radius 2 is 1.56 bits per heavy atom. The van der Waals surface area contributed by atoms with E-state index in [0.717, 1.165) is 38.5 Å². The van der Waals surface area contributed by atoms with Crippen molar-refractivity contribution in [2.24, 2.45) is 46.3 Å². The van der Waals surface area contributed by atoms with Crippen LogP contribution in [0, 0.1) is 46.3 Å². The highest BCUT2D eigenvalue weighted by atomic mass is 16.6. The topological polar surface area (TPSA) is 111 Å². The molecule has 9 atom stereocenters. The van der Waals surface area contributed by atoms with Crippen LogP contribution < -0.4 is 10.6 Å². The van der Waals surface area contributed by atoms with Crippen LogP contribution in [0.15, 0.2) is 0 Å². The Balaban J connectivity index is 1.32. The lowest BCUT2D eigenvalue weighted by Crippen LogP contribution is -2.55. The number of carbonyl (C=O) groups is 4. The molecule has 4 fully saturated rings. The van der Waals surface area contributed by atoms with Gasteiger partial charge in [-0.1, -0.05) is 27.7 Å². The van der Waals surface area contributed by atoms with Gasteiger partial charge < -0.3 is 20.1 Å². The Bertz CT molecular complexity index is 1020. The van der Waals surface area contributed by atoms with Gasteiger partial charge in [-0.15, -0.1) is 0 Å². The van der Waals surface area contributed by atoms with E-state index in [2.05, 4.69) is 24.5 Å². The SMILES string of the molecule is CC(=O)[C@H]1CCC2C3CC[C@H]4C[C@H](OC(=O)[C@@H](NC(=O)CNC(=O)OC(C)(C)C)C(C)C)CC[C@]4(C)C3CC[C@@]21C. The molecule has 8 heteroatoms. The van der Waals surface area contributed by atoms with Crippen molar-refractivity contribution in [2.45, 2.75) is 131 Å². The van der Waals surface area contributed by atoms with Crippen LogP contribution in [0.5, 0.6) is 0 Å². The highest BCUT2D eigenvalue weighted by Crippen LogP contribution is 2.67. The maximum Gasteiger partial charge on any atom is 0.408 e. The highest BCUT2D eigenvalue weighted by Gasteiger charge is 2.61. The van der Waals surface area contributed by atoms with Crippen molar-refractivity contribution in [1.29, 1.82) is 0 Å². The van der Waals surface area contributed by atoms with Crippen LogP contribution in [0.1, 0.15) is 113 Å². The molecule has 0 bridgehead atoms. The molecule has 2 amide bonds. The lowest BCUT2D eigenvalue weighted by molar-refractivity contribution is -0.166. The number of Topliss-reactive ketones (excluding diaryl/α,β-unsaturated/α-hetero) is 1. The molecule has 0 radical (unpaired) electrons. The molecule has 4 aliphatic rings. The zero-order valence-corrected chi connectivity index (χ0v) is 26.6. The molecule has 0 aromatic heterocycles.